The molecule has 2 unspecified atom stereocenters. The van der Waals surface area contributed by atoms with Crippen molar-refractivity contribution in [2.75, 3.05) is 0 Å². The van der Waals surface area contributed by atoms with E-state index in [1.807, 2.05) is 0 Å². The van der Waals surface area contributed by atoms with Crippen LogP contribution in [0.15, 0.2) is 84.9 Å². The normalized spacial score (nSPS) is 23.3. The zero-order valence-electron chi connectivity index (χ0n) is 14.9. The highest BCUT2D eigenvalue weighted by atomic mass is 14.4. The summed E-state index contributed by atoms with van der Waals surface area (Å²) in [6.07, 6.45) is 3.78. The Hall–Kier alpha value is -2.34. The second-order valence-electron chi connectivity index (χ2n) is 7.48. The van der Waals surface area contributed by atoms with Crippen molar-refractivity contribution in [1.82, 2.24) is 0 Å². The van der Waals surface area contributed by atoms with Gasteiger partial charge >= 0.3 is 0 Å². The van der Waals surface area contributed by atoms with Crippen LogP contribution >= 0.6 is 0 Å². The largest absolute Gasteiger partial charge is 0.0622 e. The molecule has 0 bridgehead atoms. The number of aryl methyl sites for hydroxylation is 1. The lowest BCUT2D eigenvalue weighted by atomic mass is 9.68. The van der Waals surface area contributed by atoms with E-state index in [1.165, 1.54) is 36.0 Å². The van der Waals surface area contributed by atoms with Crippen LogP contribution in [0.25, 0.3) is 0 Å². The van der Waals surface area contributed by atoms with Crippen LogP contribution < -0.4 is 0 Å². The second-order valence-corrected chi connectivity index (χ2v) is 7.48. The first kappa shape index (κ1) is 16.1. The lowest BCUT2D eigenvalue weighted by Gasteiger charge is -2.36. The highest BCUT2D eigenvalue weighted by Crippen LogP contribution is 2.48. The Balaban J connectivity index is 1.69. The summed E-state index contributed by atoms with van der Waals surface area (Å²) in [6, 6.07) is 31.2. The minimum absolute atomic E-state index is 0.643. The van der Waals surface area contributed by atoms with Crippen LogP contribution in [0.1, 0.15) is 59.3 Å². The fourth-order valence-electron chi connectivity index (χ4n) is 4.61. The monoisotopic (exact) mass is 326 g/mol. The molecule has 3 aromatic rings. The number of hydrogen-bond acceptors (Lipinski definition) is 0. The minimum Gasteiger partial charge on any atom is -0.0622 e. The molecular formula is C25H26. The van der Waals surface area contributed by atoms with Gasteiger partial charge in [0.25, 0.3) is 0 Å². The van der Waals surface area contributed by atoms with Crippen molar-refractivity contribution < 1.29 is 0 Å². The van der Waals surface area contributed by atoms with Crippen molar-refractivity contribution >= 4 is 0 Å². The lowest BCUT2D eigenvalue weighted by Crippen LogP contribution is -2.20. The first-order chi connectivity index (χ1) is 12.3. The first-order valence-corrected chi connectivity index (χ1v) is 9.46. The molecule has 0 spiro atoms. The molecule has 1 aliphatic rings. The number of benzene rings is 3. The molecule has 1 saturated carbocycles. The molecule has 4 rings (SSSR count). The fourth-order valence-corrected chi connectivity index (χ4v) is 4.61. The second kappa shape index (κ2) is 7.27. The molecular weight excluding hydrogens is 300 g/mol. The smallest absolute Gasteiger partial charge is 0.0148 e. The summed E-state index contributed by atoms with van der Waals surface area (Å²) in [7, 11) is 0. The van der Waals surface area contributed by atoms with Crippen molar-refractivity contribution in [3.8, 4) is 0 Å². The molecule has 0 radical (unpaired) electrons. The summed E-state index contributed by atoms with van der Waals surface area (Å²) in [4.78, 5) is 0. The third-order valence-corrected chi connectivity index (χ3v) is 5.88. The van der Waals surface area contributed by atoms with Crippen LogP contribution in [0.5, 0.6) is 0 Å². The maximum Gasteiger partial charge on any atom is -0.0148 e. The van der Waals surface area contributed by atoms with Gasteiger partial charge in [-0.15, -0.1) is 0 Å². The molecule has 3 aromatic carbocycles. The molecule has 0 amide bonds. The Labute approximate surface area is 151 Å². The van der Waals surface area contributed by atoms with E-state index in [9.17, 15) is 0 Å². The van der Waals surface area contributed by atoms with E-state index < -0.39 is 0 Å². The van der Waals surface area contributed by atoms with E-state index in [1.54, 1.807) is 5.56 Å². The molecule has 25 heavy (non-hydrogen) atoms. The van der Waals surface area contributed by atoms with Gasteiger partial charge in [-0.1, -0.05) is 84.9 Å². The Morgan fingerprint density at radius 1 is 0.520 bits per heavy atom. The topological polar surface area (TPSA) is 0 Å². The molecule has 0 aromatic heterocycles. The van der Waals surface area contributed by atoms with Gasteiger partial charge in [0.15, 0.2) is 0 Å². The van der Waals surface area contributed by atoms with Gasteiger partial charge < -0.3 is 0 Å². The summed E-state index contributed by atoms with van der Waals surface area (Å²) in [5, 5.41) is 0. The number of rotatable bonds is 3. The highest BCUT2D eigenvalue weighted by molar-refractivity contribution is 5.33. The summed E-state index contributed by atoms with van der Waals surface area (Å²) in [6.45, 7) is 2.26. The summed E-state index contributed by atoms with van der Waals surface area (Å²) in [5.74, 6) is 1.93. The molecule has 1 aliphatic carbocycles. The van der Waals surface area contributed by atoms with Crippen molar-refractivity contribution in [1.29, 1.82) is 0 Å². The molecule has 0 nitrogen and oxygen atoms in total. The van der Waals surface area contributed by atoms with Gasteiger partial charge in [0, 0.05) is 0 Å². The highest BCUT2D eigenvalue weighted by Gasteiger charge is 2.31. The Morgan fingerprint density at radius 2 is 0.960 bits per heavy atom. The maximum atomic E-state index is 2.34. The van der Waals surface area contributed by atoms with Gasteiger partial charge in [-0.25, -0.2) is 0 Å². The van der Waals surface area contributed by atoms with E-state index >= 15 is 0 Å². The van der Waals surface area contributed by atoms with Gasteiger partial charge in [-0.3, -0.25) is 0 Å². The third kappa shape index (κ3) is 3.54. The molecule has 0 aliphatic heterocycles. The predicted octanol–water partition coefficient (Wildman–Crippen LogP) is 6.83. The number of hydrogen-bond donors (Lipinski definition) is 0. The zero-order chi connectivity index (χ0) is 17.1. The Kier molecular flexibility index (Phi) is 4.70. The van der Waals surface area contributed by atoms with Crippen LogP contribution in [-0.2, 0) is 0 Å². The van der Waals surface area contributed by atoms with E-state index in [0.29, 0.717) is 17.8 Å². The zero-order valence-corrected chi connectivity index (χ0v) is 14.9. The predicted molar refractivity (Wildman–Crippen MR) is 106 cm³/mol. The summed E-state index contributed by atoms with van der Waals surface area (Å²) >= 11 is 0. The van der Waals surface area contributed by atoms with Gasteiger partial charge in [0.05, 0.1) is 0 Å². The molecule has 0 heteroatoms. The van der Waals surface area contributed by atoms with Gasteiger partial charge in [0.2, 0.25) is 0 Å². The lowest BCUT2D eigenvalue weighted by molar-refractivity contribution is 0.351. The van der Waals surface area contributed by atoms with E-state index in [4.69, 9.17) is 0 Å². The van der Waals surface area contributed by atoms with E-state index in [-0.39, 0.29) is 0 Å². The fraction of sp³-hybridized carbons (Fsp3) is 0.280. The Morgan fingerprint density at radius 3 is 1.48 bits per heavy atom. The van der Waals surface area contributed by atoms with Crippen LogP contribution in [-0.4, -0.2) is 0 Å². The standard InChI is InChI=1S/C25H26/c1-19-10-8-9-15-25(19)24-17-22(20-11-4-2-5-12-20)16-23(18-24)21-13-6-3-7-14-21/h2-15,22-24H,16-18H2,1H3. The van der Waals surface area contributed by atoms with Crippen molar-refractivity contribution in [2.45, 2.75) is 43.9 Å². The summed E-state index contributed by atoms with van der Waals surface area (Å²) < 4.78 is 0. The summed E-state index contributed by atoms with van der Waals surface area (Å²) in [5.41, 5.74) is 5.99. The molecule has 1 fully saturated rings. The molecule has 126 valence electrons. The minimum atomic E-state index is 0.643. The maximum absolute atomic E-state index is 2.34. The Bertz CT molecular complexity index is 756. The van der Waals surface area contributed by atoms with Crippen molar-refractivity contribution in [3.63, 3.8) is 0 Å². The first-order valence-electron chi connectivity index (χ1n) is 9.46. The third-order valence-electron chi connectivity index (χ3n) is 5.88. The SMILES string of the molecule is Cc1ccccc1C1CC(c2ccccc2)CC(c2ccccc2)C1. The van der Waals surface area contributed by atoms with Crippen LogP contribution in [0.2, 0.25) is 0 Å². The van der Waals surface area contributed by atoms with Crippen molar-refractivity contribution in [3.05, 3.63) is 107 Å². The van der Waals surface area contributed by atoms with Crippen LogP contribution in [0, 0.1) is 6.92 Å². The average Bonchev–Trinajstić information content (AvgIpc) is 2.69. The van der Waals surface area contributed by atoms with E-state index in [0.717, 1.165) is 0 Å². The average molecular weight is 326 g/mol. The van der Waals surface area contributed by atoms with Gasteiger partial charge in [-0.05, 0) is 66.2 Å². The van der Waals surface area contributed by atoms with Crippen molar-refractivity contribution in [2.24, 2.45) is 0 Å². The van der Waals surface area contributed by atoms with Gasteiger partial charge in [-0.2, -0.15) is 0 Å². The molecule has 0 heterocycles. The molecule has 2 atom stereocenters. The molecule has 0 saturated heterocycles. The quantitative estimate of drug-likeness (QED) is 0.495. The van der Waals surface area contributed by atoms with Crippen LogP contribution in [0.3, 0.4) is 0 Å². The molecule has 0 N–H and O–H groups in total. The van der Waals surface area contributed by atoms with Crippen LogP contribution in [0.4, 0.5) is 0 Å². The van der Waals surface area contributed by atoms with Gasteiger partial charge in [0.1, 0.15) is 0 Å². The van der Waals surface area contributed by atoms with E-state index in [2.05, 4.69) is 91.9 Å².